The number of aromatic nitrogens is 1. The van der Waals surface area contributed by atoms with Crippen molar-refractivity contribution in [3.05, 3.63) is 71.7 Å². The summed E-state index contributed by atoms with van der Waals surface area (Å²) in [7, 11) is 0. The van der Waals surface area contributed by atoms with Gasteiger partial charge in [0.2, 0.25) is 0 Å². The van der Waals surface area contributed by atoms with Gasteiger partial charge in [-0.3, -0.25) is 0 Å². The van der Waals surface area contributed by atoms with Crippen LogP contribution in [0.3, 0.4) is 0 Å². The van der Waals surface area contributed by atoms with Gasteiger partial charge in [0.25, 0.3) is 0 Å². The molecule has 158 valence electrons. The van der Waals surface area contributed by atoms with E-state index in [1.165, 1.54) is 17.3 Å². The molecule has 4 nitrogen and oxygen atoms in total. The lowest BCUT2D eigenvalue weighted by Gasteiger charge is -2.29. The van der Waals surface area contributed by atoms with E-state index in [1.807, 2.05) is 24.3 Å². The first-order valence-electron chi connectivity index (χ1n) is 11.1. The zero-order valence-electron chi connectivity index (χ0n) is 17.3. The van der Waals surface area contributed by atoms with Crippen molar-refractivity contribution in [2.24, 2.45) is 5.92 Å². The summed E-state index contributed by atoms with van der Waals surface area (Å²) in [6.07, 6.45) is 3.10. The normalized spacial score (nSPS) is 20.2. The van der Waals surface area contributed by atoms with Crippen LogP contribution in [0.4, 0.5) is 4.39 Å². The Kier molecular flexibility index (Phi) is 4.57. The molecule has 31 heavy (non-hydrogen) atoms. The van der Waals surface area contributed by atoms with E-state index < -0.39 is 0 Å². The van der Waals surface area contributed by atoms with E-state index in [0.717, 1.165) is 65.5 Å². The molecule has 2 aliphatic rings. The number of halogens is 1. The first-order valence-corrected chi connectivity index (χ1v) is 11.1. The molecular weight excluding hydrogens is 391 g/mol. The van der Waals surface area contributed by atoms with Crippen molar-refractivity contribution in [1.82, 2.24) is 10.3 Å². The average Bonchev–Trinajstić information content (AvgIpc) is 3.16. The Morgan fingerprint density at radius 2 is 1.97 bits per heavy atom. The molecule has 0 saturated carbocycles. The fraction of sp³-hybridized carbons (Fsp3) is 0.308. The second kappa shape index (κ2) is 7.57. The summed E-state index contributed by atoms with van der Waals surface area (Å²) in [6.45, 7) is 2.22. The fourth-order valence-electron chi connectivity index (χ4n) is 5.03. The van der Waals surface area contributed by atoms with Gasteiger partial charge in [0.15, 0.2) is 11.5 Å². The summed E-state index contributed by atoms with van der Waals surface area (Å²) >= 11 is 0. The Balaban J connectivity index is 1.10. The van der Waals surface area contributed by atoms with Crippen LogP contribution in [0, 0.1) is 11.7 Å². The Morgan fingerprint density at radius 1 is 1.03 bits per heavy atom. The van der Waals surface area contributed by atoms with Gasteiger partial charge in [-0.15, -0.1) is 0 Å². The van der Waals surface area contributed by atoms with Crippen LogP contribution < -0.4 is 14.8 Å². The predicted octanol–water partition coefficient (Wildman–Crippen LogP) is 4.99. The lowest BCUT2D eigenvalue weighted by molar-refractivity contribution is 0.0915. The first-order chi connectivity index (χ1) is 15.2. The second-order valence-corrected chi connectivity index (χ2v) is 8.70. The molecule has 0 radical (unpaired) electrons. The molecule has 0 saturated heterocycles. The van der Waals surface area contributed by atoms with Gasteiger partial charge in [-0.2, -0.15) is 0 Å². The summed E-state index contributed by atoms with van der Waals surface area (Å²) in [6, 6.07) is 17.3. The molecule has 0 spiro atoms. The molecule has 2 atom stereocenters. The van der Waals surface area contributed by atoms with Crippen LogP contribution in [-0.2, 0) is 12.8 Å². The van der Waals surface area contributed by atoms with E-state index in [2.05, 4.69) is 28.5 Å². The molecule has 1 aromatic heterocycles. The first kappa shape index (κ1) is 18.7. The number of rotatable bonds is 4. The van der Waals surface area contributed by atoms with Crippen molar-refractivity contribution >= 4 is 21.7 Å². The molecule has 2 N–H and O–H groups in total. The Morgan fingerprint density at radius 3 is 2.94 bits per heavy atom. The SMILES string of the molecule is Fc1ccc2[nH]c3c(c2c1)C[C@@H](CNC[C@H]1COc2ccc4ccccc4c2O1)CC3. The highest BCUT2D eigenvalue weighted by molar-refractivity contribution is 5.91. The zero-order valence-corrected chi connectivity index (χ0v) is 17.3. The van der Waals surface area contributed by atoms with E-state index >= 15 is 0 Å². The fourth-order valence-corrected chi connectivity index (χ4v) is 5.03. The van der Waals surface area contributed by atoms with Crippen LogP contribution in [0.2, 0.25) is 0 Å². The molecular formula is C26H25FN2O2. The highest BCUT2D eigenvalue weighted by Crippen LogP contribution is 2.38. The highest BCUT2D eigenvalue weighted by Gasteiger charge is 2.25. The number of hydrogen-bond acceptors (Lipinski definition) is 3. The lowest BCUT2D eigenvalue weighted by atomic mass is 9.86. The van der Waals surface area contributed by atoms with E-state index in [-0.39, 0.29) is 11.9 Å². The van der Waals surface area contributed by atoms with Crippen LogP contribution >= 0.6 is 0 Å². The predicted molar refractivity (Wildman–Crippen MR) is 121 cm³/mol. The third-order valence-electron chi connectivity index (χ3n) is 6.61. The number of fused-ring (bicyclic) bond motifs is 6. The maximum absolute atomic E-state index is 13.7. The Labute approximate surface area is 180 Å². The minimum atomic E-state index is -0.170. The molecule has 0 bridgehead atoms. The lowest BCUT2D eigenvalue weighted by Crippen LogP contribution is -2.40. The van der Waals surface area contributed by atoms with Gasteiger partial charge in [0, 0.05) is 28.5 Å². The summed E-state index contributed by atoms with van der Waals surface area (Å²) in [4.78, 5) is 3.47. The van der Waals surface area contributed by atoms with Gasteiger partial charge >= 0.3 is 0 Å². The molecule has 4 aromatic rings. The highest BCUT2D eigenvalue weighted by atomic mass is 19.1. The Bertz CT molecular complexity index is 1270. The number of nitrogens with one attached hydrogen (secondary N) is 2. The number of aromatic amines is 1. The quantitative estimate of drug-likeness (QED) is 0.492. The van der Waals surface area contributed by atoms with Crippen molar-refractivity contribution < 1.29 is 13.9 Å². The van der Waals surface area contributed by atoms with Gasteiger partial charge in [0.05, 0.1) is 0 Å². The van der Waals surface area contributed by atoms with Crippen LogP contribution in [0.5, 0.6) is 11.5 Å². The van der Waals surface area contributed by atoms with Crippen LogP contribution in [0.1, 0.15) is 17.7 Å². The van der Waals surface area contributed by atoms with Crippen LogP contribution in [0.15, 0.2) is 54.6 Å². The van der Waals surface area contributed by atoms with E-state index in [1.54, 1.807) is 6.07 Å². The average molecular weight is 416 g/mol. The third-order valence-corrected chi connectivity index (χ3v) is 6.61. The van der Waals surface area contributed by atoms with Crippen LogP contribution in [0.25, 0.3) is 21.7 Å². The van der Waals surface area contributed by atoms with E-state index in [4.69, 9.17) is 9.47 Å². The van der Waals surface area contributed by atoms with Crippen molar-refractivity contribution in [2.45, 2.75) is 25.4 Å². The maximum atomic E-state index is 13.7. The van der Waals surface area contributed by atoms with Gasteiger partial charge in [-0.25, -0.2) is 4.39 Å². The van der Waals surface area contributed by atoms with Gasteiger partial charge < -0.3 is 19.8 Å². The Hall–Kier alpha value is -3.05. The molecule has 0 amide bonds. The zero-order chi connectivity index (χ0) is 20.8. The molecule has 1 aliphatic carbocycles. The number of aryl methyl sites for hydroxylation is 1. The van der Waals surface area contributed by atoms with E-state index in [9.17, 15) is 4.39 Å². The molecule has 0 fully saturated rings. The number of benzene rings is 3. The largest absolute Gasteiger partial charge is 0.486 e. The minimum absolute atomic E-state index is 0.0142. The standard InChI is InChI=1S/C26H25FN2O2/c27-18-7-9-24-22(12-18)21-11-16(5-8-23(21)29-24)13-28-14-19-15-30-25-10-6-17-3-1-2-4-20(17)26(25)31-19/h1-4,6-7,9-10,12,16,19,28-29H,5,8,11,13-15H2/t16-,19-/m0/s1. The number of hydrogen-bond donors (Lipinski definition) is 2. The topological polar surface area (TPSA) is 46.3 Å². The smallest absolute Gasteiger partial charge is 0.169 e. The molecule has 3 aromatic carbocycles. The maximum Gasteiger partial charge on any atom is 0.169 e. The second-order valence-electron chi connectivity index (χ2n) is 8.70. The molecule has 2 heterocycles. The van der Waals surface area contributed by atoms with Crippen molar-refractivity contribution in [2.75, 3.05) is 19.7 Å². The molecule has 5 heteroatoms. The number of ether oxygens (including phenoxy) is 2. The van der Waals surface area contributed by atoms with Crippen molar-refractivity contribution in [3.63, 3.8) is 0 Å². The third kappa shape index (κ3) is 3.43. The summed E-state index contributed by atoms with van der Waals surface area (Å²) < 4.78 is 26.0. The molecule has 0 unspecified atom stereocenters. The molecule has 1 aliphatic heterocycles. The van der Waals surface area contributed by atoms with Crippen molar-refractivity contribution in [1.29, 1.82) is 0 Å². The summed E-state index contributed by atoms with van der Waals surface area (Å²) in [5, 5.41) is 6.88. The summed E-state index contributed by atoms with van der Waals surface area (Å²) in [5.41, 5.74) is 3.59. The van der Waals surface area contributed by atoms with Gasteiger partial charge in [-0.1, -0.05) is 30.3 Å². The summed E-state index contributed by atoms with van der Waals surface area (Å²) in [5.74, 6) is 2.03. The van der Waals surface area contributed by atoms with Gasteiger partial charge in [-0.05, 0) is 66.9 Å². The van der Waals surface area contributed by atoms with Crippen molar-refractivity contribution in [3.8, 4) is 11.5 Å². The van der Waals surface area contributed by atoms with Crippen LogP contribution in [-0.4, -0.2) is 30.8 Å². The van der Waals surface area contributed by atoms with E-state index in [0.29, 0.717) is 12.5 Å². The molecule has 6 rings (SSSR count). The monoisotopic (exact) mass is 416 g/mol. The number of H-pyrrole nitrogens is 1. The minimum Gasteiger partial charge on any atom is -0.486 e. The van der Waals surface area contributed by atoms with Gasteiger partial charge in [0.1, 0.15) is 18.5 Å².